The van der Waals surface area contributed by atoms with E-state index in [1.54, 1.807) is 6.20 Å². The lowest BCUT2D eigenvalue weighted by Crippen LogP contribution is -2.24. The molecule has 16 heavy (non-hydrogen) atoms. The number of hydrogen-bond donors (Lipinski definition) is 0. The van der Waals surface area contributed by atoms with Crippen molar-refractivity contribution in [2.75, 3.05) is 0 Å². The van der Waals surface area contributed by atoms with E-state index in [-0.39, 0.29) is 5.41 Å². The molecule has 0 bridgehead atoms. The van der Waals surface area contributed by atoms with E-state index in [2.05, 4.69) is 46.5 Å². The first-order chi connectivity index (χ1) is 7.44. The lowest BCUT2D eigenvalue weighted by molar-refractivity contribution is 0.406. The smallest absolute Gasteiger partial charge is 0.0823 e. The molecule has 90 valence electrons. The quantitative estimate of drug-likeness (QED) is 0.744. The molecule has 0 saturated heterocycles. The van der Waals surface area contributed by atoms with Gasteiger partial charge in [-0.15, -0.1) is 0 Å². The fourth-order valence-electron chi connectivity index (χ4n) is 2.68. The molecule has 1 fully saturated rings. The van der Waals surface area contributed by atoms with Crippen LogP contribution in [0.4, 0.5) is 0 Å². The van der Waals surface area contributed by atoms with Crippen LogP contribution >= 0.6 is 27.5 Å². The Morgan fingerprint density at radius 2 is 2.31 bits per heavy atom. The summed E-state index contributed by atoms with van der Waals surface area (Å²) in [7, 11) is 0. The van der Waals surface area contributed by atoms with Crippen molar-refractivity contribution in [2.24, 2.45) is 0 Å². The van der Waals surface area contributed by atoms with Gasteiger partial charge in [0.1, 0.15) is 0 Å². The lowest BCUT2D eigenvalue weighted by Gasteiger charge is -2.27. The molecule has 0 N–H and O–H groups in total. The zero-order valence-corrected chi connectivity index (χ0v) is 12.3. The molecule has 0 aliphatic heterocycles. The van der Waals surface area contributed by atoms with Crippen molar-refractivity contribution in [3.63, 3.8) is 0 Å². The SMILES string of the molecule is CC(C)n1ncc(Cl)c1C1(C)CCC(Br)C1. The van der Waals surface area contributed by atoms with Gasteiger partial charge in [-0.2, -0.15) is 5.10 Å². The third-order valence-electron chi connectivity index (χ3n) is 3.49. The van der Waals surface area contributed by atoms with Crippen molar-refractivity contribution >= 4 is 27.5 Å². The summed E-state index contributed by atoms with van der Waals surface area (Å²) in [6, 6.07) is 0.369. The number of halogens is 2. The Kier molecular flexibility index (Phi) is 3.37. The monoisotopic (exact) mass is 304 g/mol. The van der Waals surface area contributed by atoms with Crippen LogP contribution in [0.2, 0.25) is 5.02 Å². The Hall–Kier alpha value is -0.0200. The van der Waals surface area contributed by atoms with Gasteiger partial charge in [-0.1, -0.05) is 34.5 Å². The van der Waals surface area contributed by atoms with Crippen LogP contribution in [-0.4, -0.2) is 14.6 Å². The summed E-state index contributed by atoms with van der Waals surface area (Å²) in [6.45, 7) is 6.60. The van der Waals surface area contributed by atoms with Gasteiger partial charge >= 0.3 is 0 Å². The van der Waals surface area contributed by atoms with Gasteiger partial charge in [0.25, 0.3) is 0 Å². The summed E-state index contributed by atoms with van der Waals surface area (Å²) in [4.78, 5) is 0.615. The van der Waals surface area contributed by atoms with Crippen LogP contribution in [0.25, 0.3) is 0 Å². The molecule has 1 aliphatic rings. The molecule has 2 nitrogen and oxygen atoms in total. The molecule has 1 aromatic heterocycles. The van der Waals surface area contributed by atoms with Gasteiger partial charge in [0, 0.05) is 16.3 Å². The molecule has 1 aliphatic carbocycles. The predicted molar refractivity (Wildman–Crippen MR) is 71.5 cm³/mol. The van der Waals surface area contributed by atoms with Gasteiger partial charge in [0.2, 0.25) is 0 Å². The highest BCUT2D eigenvalue weighted by Crippen LogP contribution is 2.46. The predicted octanol–water partition coefficient (Wildman–Crippen LogP) is 4.32. The van der Waals surface area contributed by atoms with Gasteiger partial charge < -0.3 is 0 Å². The van der Waals surface area contributed by atoms with Crippen LogP contribution < -0.4 is 0 Å². The molecule has 1 saturated carbocycles. The molecule has 2 rings (SSSR count). The van der Waals surface area contributed by atoms with Crippen LogP contribution in [-0.2, 0) is 5.41 Å². The summed E-state index contributed by atoms with van der Waals surface area (Å²) >= 11 is 10.0. The minimum atomic E-state index is 0.173. The average Bonchev–Trinajstić information content (AvgIpc) is 2.71. The third-order valence-corrected chi connectivity index (χ3v) is 4.55. The first-order valence-corrected chi connectivity index (χ1v) is 7.11. The molecule has 0 amide bonds. The largest absolute Gasteiger partial charge is 0.265 e. The molecule has 2 atom stereocenters. The van der Waals surface area contributed by atoms with Crippen molar-refractivity contribution in [3.05, 3.63) is 16.9 Å². The maximum absolute atomic E-state index is 6.31. The minimum absolute atomic E-state index is 0.173. The zero-order valence-electron chi connectivity index (χ0n) is 10.0. The second kappa shape index (κ2) is 4.34. The van der Waals surface area contributed by atoms with Crippen LogP contribution in [0.3, 0.4) is 0 Å². The molecule has 1 aromatic rings. The Morgan fingerprint density at radius 3 is 2.81 bits per heavy atom. The highest BCUT2D eigenvalue weighted by atomic mass is 79.9. The first-order valence-electron chi connectivity index (χ1n) is 5.81. The van der Waals surface area contributed by atoms with E-state index < -0.39 is 0 Å². The molecule has 1 heterocycles. The van der Waals surface area contributed by atoms with E-state index in [1.165, 1.54) is 18.5 Å². The maximum atomic E-state index is 6.31. The topological polar surface area (TPSA) is 17.8 Å². The van der Waals surface area contributed by atoms with E-state index in [0.717, 1.165) is 11.4 Å². The molecule has 2 unspecified atom stereocenters. The Morgan fingerprint density at radius 1 is 1.62 bits per heavy atom. The van der Waals surface area contributed by atoms with Crippen LogP contribution in [0, 0.1) is 0 Å². The van der Waals surface area contributed by atoms with Crippen LogP contribution in [0.5, 0.6) is 0 Å². The molecular formula is C12H18BrClN2. The molecule has 0 radical (unpaired) electrons. The van der Waals surface area contributed by atoms with E-state index in [9.17, 15) is 0 Å². The van der Waals surface area contributed by atoms with Crippen molar-refractivity contribution in [1.82, 2.24) is 9.78 Å². The van der Waals surface area contributed by atoms with Gasteiger partial charge in [0.05, 0.1) is 16.9 Å². The van der Waals surface area contributed by atoms with Crippen molar-refractivity contribution < 1.29 is 0 Å². The molecular weight excluding hydrogens is 288 g/mol. The lowest BCUT2D eigenvalue weighted by atomic mass is 9.85. The number of nitrogens with zero attached hydrogens (tertiary/aromatic N) is 2. The number of rotatable bonds is 2. The molecule has 0 aromatic carbocycles. The van der Waals surface area contributed by atoms with E-state index in [1.807, 2.05) is 0 Å². The second-order valence-corrected chi connectivity index (χ2v) is 6.98. The van der Waals surface area contributed by atoms with E-state index >= 15 is 0 Å². The highest BCUT2D eigenvalue weighted by Gasteiger charge is 2.39. The summed E-state index contributed by atoms with van der Waals surface area (Å²) in [5.41, 5.74) is 1.39. The first kappa shape index (κ1) is 12.4. The van der Waals surface area contributed by atoms with Gasteiger partial charge in [0.15, 0.2) is 0 Å². The second-order valence-electron chi connectivity index (χ2n) is 5.28. The number of aromatic nitrogens is 2. The Labute approximate surface area is 110 Å². The Bertz CT molecular complexity index is 388. The fourth-order valence-corrected chi connectivity index (χ4v) is 3.98. The van der Waals surface area contributed by atoms with Crippen molar-refractivity contribution in [3.8, 4) is 0 Å². The Balaban J connectivity index is 2.43. The minimum Gasteiger partial charge on any atom is -0.265 e. The summed E-state index contributed by atoms with van der Waals surface area (Å²) in [6.07, 6.45) is 5.33. The standard InChI is InChI=1S/C12H18BrClN2/c1-8(2)16-11(10(14)7-15-16)12(3)5-4-9(13)6-12/h7-9H,4-6H2,1-3H3. The number of hydrogen-bond acceptors (Lipinski definition) is 1. The van der Waals surface area contributed by atoms with Gasteiger partial charge in [-0.25, -0.2) is 0 Å². The average molecular weight is 306 g/mol. The fraction of sp³-hybridized carbons (Fsp3) is 0.750. The van der Waals surface area contributed by atoms with Crippen LogP contribution in [0.1, 0.15) is 51.8 Å². The zero-order chi connectivity index (χ0) is 11.9. The number of alkyl halides is 1. The van der Waals surface area contributed by atoms with Crippen molar-refractivity contribution in [2.45, 2.75) is 56.3 Å². The third kappa shape index (κ3) is 2.04. The molecule has 0 spiro atoms. The maximum Gasteiger partial charge on any atom is 0.0823 e. The summed E-state index contributed by atoms with van der Waals surface area (Å²) in [5.74, 6) is 0. The molecule has 4 heteroatoms. The van der Waals surface area contributed by atoms with Gasteiger partial charge in [-0.3, -0.25) is 4.68 Å². The van der Waals surface area contributed by atoms with Gasteiger partial charge in [-0.05, 0) is 33.1 Å². The highest BCUT2D eigenvalue weighted by molar-refractivity contribution is 9.09. The normalized spacial score (nSPS) is 30.2. The van der Waals surface area contributed by atoms with Crippen LogP contribution in [0.15, 0.2) is 6.20 Å². The summed E-state index contributed by atoms with van der Waals surface area (Å²) in [5, 5.41) is 5.22. The van der Waals surface area contributed by atoms with E-state index in [4.69, 9.17) is 11.6 Å². The summed E-state index contributed by atoms with van der Waals surface area (Å²) < 4.78 is 2.08. The van der Waals surface area contributed by atoms with Crippen molar-refractivity contribution in [1.29, 1.82) is 0 Å². The van der Waals surface area contributed by atoms with E-state index in [0.29, 0.717) is 10.9 Å².